The molecule has 50 valence electrons. The van der Waals surface area contributed by atoms with E-state index in [0.717, 1.165) is 4.47 Å². The molecule has 0 N–H and O–H groups in total. The smallest absolute Gasteiger partial charge is 0.0338 e. The molecule has 0 atom stereocenters. The Balaban J connectivity index is 2.87. The van der Waals surface area contributed by atoms with Crippen LogP contribution in [0.5, 0.6) is 0 Å². The van der Waals surface area contributed by atoms with Gasteiger partial charge in [0.1, 0.15) is 0 Å². The molecule has 1 heteroatoms. The molecule has 1 rings (SSSR count). The molecule has 0 saturated heterocycles. The van der Waals surface area contributed by atoms with Gasteiger partial charge in [-0.15, -0.1) is 12.3 Å². The highest BCUT2D eigenvalue weighted by Gasteiger charge is 1.88. The minimum Gasteiger partial charge on any atom is -0.120 e. The molecule has 0 aliphatic heterocycles. The minimum atomic E-state index is 0.708. The van der Waals surface area contributed by atoms with Crippen LogP contribution < -0.4 is 0 Å². The van der Waals surface area contributed by atoms with E-state index in [-0.39, 0.29) is 0 Å². The van der Waals surface area contributed by atoms with Crippen LogP contribution in [0, 0.1) is 12.3 Å². The lowest BCUT2D eigenvalue weighted by molar-refractivity contribution is 1.31. The van der Waals surface area contributed by atoms with Gasteiger partial charge in [0.25, 0.3) is 0 Å². The summed E-state index contributed by atoms with van der Waals surface area (Å²) in [4.78, 5) is 0. The monoisotopic (exact) mass is 194 g/mol. The van der Waals surface area contributed by atoms with Gasteiger partial charge in [0.15, 0.2) is 0 Å². The Kier molecular flexibility index (Phi) is 2.53. The third-order valence-electron chi connectivity index (χ3n) is 1.20. The second-order valence-electron chi connectivity index (χ2n) is 2.01. The van der Waals surface area contributed by atoms with Crippen molar-refractivity contribution in [2.24, 2.45) is 0 Å². The van der Waals surface area contributed by atoms with Crippen molar-refractivity contribution >= 4 is 15.9 Å². The molecule has 1 aromatic rings. The number of terminal acetylenes is 1. The molecule has 0 bridgehead atoms. The van der Waals surface area contributed by atoms with Crippen molar-refractivity contribution in [2.45, 2.75) is 6.42 Å². The zero-order chi connectivity index (χ0) is 7.40. The van der Waals surface area contributed by atoms with Crippen LogP contribution in [0.4, 0.5) is 0 Å². The second-order valence-corrected chi connectivity index (χ2v) is 2.93. The van der Waals surface area contributed by atoms with Gasteiger partial charge in [-0.2, -0.15) is 0 Å². The van der Waals surface area contributed by atoms with Crippen LogP contribution in [-0.4, -0.2) is 0 Å². The zero-order valence-electron chi connectivity index (χ0n) is 5.47. The molecule has 0 saturated carbocycles. The Morgan fingerprint density at radius 3 is 2.90 bits per heavy atom. The van der Waals surface area contributed by atoms with Gasteiger partial charge < -0.3 is 0 Å². The van der Waals surface area contributed by atoms with E-state index in [9.17, 15) is 0 Å². The van der Waals surface area contributed by atoms with Gasteiger partial charge in [0.2, 0.25) is 0 Å². The highest BCUT2D eigenvalue weighted by atomic mass is 79.9. The van der Waals surface area contributed by atoms with Crippen LogP contribution in [0.1, 0.15) is 5.56 Å². The summed E-state index contributed by atoms with van der Waals surface area (Å²) in [7, 11) is 0. The lowest BCUT2D eigenvalue weighted by Crippen LogP contribution is -1.78. The molecular weight excluding hydrogens is 188 g/mol. The SMILES string of the molecule is C#CCc1cccc(Br)c1. The molecule has 0 spiro atoms. The van der Waals surface area contributed by atoms with Crippen LogP contribution in [0.2, 0.25) is 0 Å². The number of rotatable bonds is 1. The van der Waals surface area contributed by atoms with Crippen LogP contribution in [-0.2, 0) is 6.42 Å². The van der Waals surface area contributed by atoms with Crippen molar-refractivity contribution < 1.29 is 0 Å². The van der Waals surface area contributed by atoms with E-state index < -0.39 is 0 Å². The van der Waals surface area contributed by atoms with Gasteiger partial charge in [-0.25, -0.2) is 0 Å². The predicted molar refractivity (Wildman–Crippen MR) is 46.7 cm³/mol. The molecule has 0 radical (unpaired) electrons. The van der Waals surface area contributed by atoms with Crippen LogP contribution in [0.15, 0.2) is 28.7 Å². The fraction of sp³-hybridized carbons (Fsp3) is 0.111. The third kappa shape index (κ3) is 1.89. The van der Waals surface area contributed by atoms with Crippen molar-refractivity contribution in [3.8, 4) is 12.3 Å². The maximum atomic E-state index is 5.15. The molecular formula is C9H7Br. The number of hydrogen-bond donors (Lipinski definition) is 0. The first-order valence-corrected chi connectivity index (χ1v) is 3.80. The average Bonchev–Trinajstić information content (AvgIpc) is 1.88. The molecule has 0 aliphatic rings. The van der Waals surface area contributed by atoms with Gasteiger partial charge in [-0.1, -0.05) is 28.1 Å². The third-order valence-corrected chi connectivity index (χ3v) is 1.69. The summed E-state index contributed by atoms with van der Waals surface area (Å²) in [5, 5.41) is 0. The highest BCUT2D eigenvalue weighted by molar-refractivity contribution is 9.10. The molecule has 0 aliphatic carbocycles. The summed E-state index contributed by atoms with van der Waals surface area (Å²) in [6, 6.07) is 8.02. The molecule has 0 amide bonds. The second kappa shape index (κ2) is 3.43. The maximum Gasteiger partial charge on any atom is 0.0338 e. The molecule has 0 aromatic heterocycles. The van der Waals surface area contributed by atoms with Crippen molar-refractivity contribution in [1.29, 1.82) is 0 Å². The maximum absolute atomic E-state index is 5.15. The van der Waals surface area contributed by atoms with Crippen molar-refractivity contribution in [3.05, 3.63) is 34.3 Å². The van der Waals surface area contributed by atoms with E-state index in [4.69, 9.17) is 6.42 Å². The quantitative estimate of drug-likeness (QED) is 0.604. The predicted octanol–water partition coefficient (Wildman–Crippen LogP) is 2.62. The van der Waals surface area contributed by atoms with Gasteiger partial charge in [0, 0.05) is 10.9 Å². The van der Waals surface area contributed by atoms with Crippen LogP contribution >= 0.6 is 15.9 Å². The van der Waals surface area contributed by atoms with E-state index in [2.05, 4.69) is 21.9 Å². The Morgan fingerprint density at radius 1 is 1.50 bits per heavy atom. The summed E-state index contributed by atoms with van der Waals surface area (Å²) in [5.74, 6) is 2.59. The number of halogens is 1. The normalized spacial score (nSPS) is 8.80. The van der Waals surface area contributed by atoms with Gasteiger partial charge >= 0.3 is 0 Å². The zero-order valence-corrected chi connectivity index (χ0v) is 7.06. The summed E-state index contributed by atoms with van der Waals surface area (Å²) in [6.45, 7) is 0. The van der Waals surface area contributed by atoms with Gasteiger partial charge in [-0.3, -0.25) is 0 Å². The Hall–Kier alpha value is -0.740. The van der Waals surface area contributed by atoms with E-state index in [0.29, 0.717) is 6.42 Å². The molecule has 0 fully saturated rings. The fourth-order valence-corrected chi connectivity index (χ4v) is 1.21. The Labute approximate surface area is 69.4 Å². The standard InChI is InChI=1S/C9H7Br/c1-2-4-8-5-3-6-9(10)7-8/h1,3,5-7H,4H2. The Morgan fingerprint density at radius 2 is 2.30 bits per heavy atom. The van der Waals surface area contributed by atoms with E-state index in [1.54, 1.807) is 0 Å². The topological polar surface area (TPSA) is 0 Å². The number of benzene rings is 1. The lowest BCUT2D eigenvalue weighted by Gasteiger charge is -1.93. The van der Waals surface area contributed by atoms with Crippen molar-refractivity contribution in [2.75, 3.05) is 0 Å². The van der Waals surface area contributed by atoms with E-state index >= 15 is 0 Å². The van der Waals surface area contributed by atoms with Crippen LogP contribution in [0.25, 0.3) is 0 Å². The molecule has 10 heavy (non-hydrogen) atoms. The summed E-state index contributed by atoms with van der Waals surface area (Å²) in [6.07, 6.45) is 5.85. The largest absolute Gasteiger partial charge is 0.120 e. The Bertz CT molecular complexity index is 258. The van der Waals surface area contributed by atoms with Gasteiger partial charge in [0.05, 0.1) is 0 Å². The van der Waals surface area contributed by atoms with E-state index in [1.165, 1.54) is 5.56 Å². The fourth-order valence-electron chi connectivity index (χ4n) is 0.765. The van der Waals surface area contributed by atoms with E-state index in [1.807, 2.05) is 24.3 Å². The minimum absolute atomic E-state index is 0.708. The summed E-state index contributed by atoms with van der Waals surface area (Å²) < 4.78 is 1.08. The average molecular weight is 195 g/mol. The first kappa shape index (κ1) is 7.37. The first-order chi connectivity index (χ1) is 4.83. The van der Waals surface area contributed by atoms with Crippen molar-refractivity contribution in [1.82, 2.24) is 0 Å². The number of hydrogen-bond acceptors (Lipinski definition) is 0. The summed E-state index contributed by atoms with van der Waals surface area (Å²) >= 11 is 3.36. The molecule has 0 unspecified atom stereocenters. The van der Waals surface area contributed by atoms with Crippen LogP contribution in [0.3, 0.4) is 0 Å². The first-order valence-electron chi connectivity index (χ1n) is 3.01. The van der Waals surface area contributed by atoms with Crippen molar-refractivity contribution in [3.63, 3.8) is 0 Å². The van der Waals surface area contributed by atoms with Gasteiger partial charge in [-0.05, 0) is 17.7 Å². The molecule has 1 aromatic carbocycles. The summed E-state index contributed by atoms with van der Waals surface area (Å²) in [5.41, 5.74) is 1.18. The molecule has 0 nitrogen and oxygen atoms in total. The molecule has 0 heterocycles. The lowest BCUT2D eigenvalue weighted by atomic mass is 10.2. The highest BCUT2D eigenvalue weighted by Crippen LogP contribution is 2.11.